The fourth-order valence-electron chi connectivity index (χ4n) is 3.87. The summed E-state index contributed by atoms with van der Waals surface area (Å²) in [7, 11) is 1.67. The first-order chi connectivity index (χ1) is 13.7. The van der Waals surface area contributed by atoms with Crippen LogP contribution in [-0.2, 0) is 0 Å². The lowest BCUT2D eigenvalue weighted by Gasteiger charge is -2.40. The Kier molecular flexibility index (Phi) is 5.02. The molecule has 1 N–H and O–H groups in total. The second-order valence-corrected chi connectivity index (χ2v) is 7.11. The number of hydrogen-bond acceptors (Lipinski definition) is 3. The van der Waals surface area contributed by atoms with Gasteiger partial charge in [0.1, 0.15) is 5.75 Å². The van der Waals surface area contributed by atoms with Gasteiger partial charge in [0.25, 0.3) is 5.91 Å². The van der Waals surface area contributed by atoms with Crippen molar-refractivity contribution in [3.05, 3.63) is 90.0 Å². The lowest BCUT2D eigenvalue weighted by molar-refractivity contribution is 0.0974. The number of carbonyl (C=O) groups excluding carboxylic acids is 1. The standard InChI is InChI=1S/C24H24N2O2/c1-17-16-22(25-19-12-14-20(28-2)15-13-19)21-10-6-7-11-23(21)26(17)24(27)18-8-4-3-5-9-18/h3-15,17,22,25H,16H2,1-2H3/t17-,22-/m1/s1. The van der Waals surface area contributed by atoms with Gasteiger partial charge in [-0.2, -0.15) is 0 Å². The van der Waals surface area contributed by atoms with Crippen molar-refractivity contribution in [3.8, 4) is 5.75 Å². The summed E-state index contributed by atoms with van der Waals surface area (Å²) in [5.74, 6) is 0.881. The Bertz CT molecular complexity index is 954. The van der Waals surface area contributed by atoms with E-state index in [-0.39, 0.29) is 18.0 Å². The molecule has 4 heteroatoms. The molecule has 28 heavy (non-hydrogen) atoms. The van der Waals surface area contributed by atoms with Crippen LogP contribution >= 0.6 is 0 Å². The number of fused-ring (bicyclic) bond motifs is 1. The fraction of sp³-hybridized carbons (Fsp3) is 0.208. The van der Waals surface area contributed by atoms with Gasteiger partial charge in [-0.3, -0.25) is 4.79 Å². The summed E-state index contributed by atoms with van der Waals surface area (Å²) in [6.45, 7) is 2.11. The molecule has 0 spiro atoms. The molecule has 4 rings (SSSR count). The molecule has 3 aromatic rings. The third-order valence-corrected chi connectivity index (χ3v) is 5.26. The third-order valence-electron chi connectivity index (χ3n) is 5.26. The molecular weight excluding hydrogens is 348 g/mol. The number of rotatable bonds is 4. The largest absolute Gasteiger partial charge is 0.497 e. The van der Waals surface area contributed by atoms with Crippen molar-refractivity contribution in [2.45, 2.75) is 25.4 Å². The summed E-state index contributed by atoms with van der Waals surface area (Å²) in [5.41, 5.74) is 3.86. The van der Waals surface area contributed by atoms with Crippen molar-refractivity contribution in [1.82, 2.24) is 0 Å². The van der Waals surface area contributed by atoms with Gasteiger partial charge >= 0.3 is 0 Å². The summed E-state index contributed by atoms with van der Waals surface area (Å²) in [6, 6.07) is 25.8. The first kappa shape index (κ1) is 18.1. The Morgan fingerprint density at radius 3 is 2.36 bits per heavy atom. The Hall–Kier alpha value is -3.27. The Labute approximate surface area is 165 Å². The molecule has 0 saturated heterocycles. The highest BCUT2D eigenvalue weighted by atomic mass is 16.5. The smallest absolute Gasteiger partial charge is 0.258 e. The number of nitrogens with zero attached hydrogens (tertiary/aromatic N) is 1. The average Bonchev–Trinajstić information content (AvgIpc) is 2.75. The number of anilines is 2. The maximum absolute atomic E-state index is 13.2. The van der Waals surface area contributed by atoms with Crippen LogP contribution in [-0.4, -0.2) is 19.1 Å². The number of nitrogens with one attached hydrogen (secondary N) is 1. The van der Waals surface area contributed by atoms with Crippen LogP contribution in [0, 0.1) is 0 Å². The molecule has 0 aliphatic carbocycles. The number of benzene rings is 3. The number of carbonyl (C=O) groups is 1. The Morgan fingerprint density at radius 2 is 1.64 bits per heavy atom. The first-order valence-electron chi connectivity index (χ1n) is 9.55. The normalized spacial score (nSPS) is 18.3. The minimum atomic E-state index is 0.0449. The van der Waals surface area contributed by atoms with Gasteiger partial charge in [-0.1, -0.05) is 36.4 Å². The zero-order valence-corrected chi connectivity index (χ0v) is 16.1. The number of methoxy groups -OCH3 is 1. The maximum atomic E-state index is 13.2. The number of hydrogen-bond donors (Lipinski definition) is 1. The van der Waals surface area contributed by atoms with E-state index in [9.17, 15) is 4.79 Å². The van der Waals surface area contributed by atoms with Crippen LogP contribution in [0.1, 0.15) is 35.3 Å². The molecule has 142 valence electrons. The molecule has 1 amide bonds. The van der Waals surface area contributed by atoms with Crippen molar-refractivity contribution in [2.75, 3.05) is 17.3 Å². The third kappa shape index (κ3) is 3.46. The molecule has 1 heterocycles. The van der Waals surface area contributed by atoms with Gasteiger partial charge in [-0.15, -0.1) is 0 Å². The molecule has 0 fully saturated rings. The Morgan fingerprint density at radius 1 is 0.964 bits per heavy atom. The summed E-state index contributed by atoms with van der Waals surface area (Å²) < 4.78 is 5.24. The average molecular weight is 372 g/mol. The van der Waals surface area contributed by atoms with E-state index in [0.29, 0.717) is 5.56 Å². The molecule has 0 saturated carbocycles. The topological polar surface area (TPSA) is 41.6 Å². The molecule has 3 aromatic carbocycles. The van der Waals surface area contributed by atoms with E-state index in [2.05, 4.69) is 18.3 Å². The van der Waals surface area contributed by atoms with Crippen LogP contribution < -0.4 is 15.0 Å². The minimum Gasteiger partial charge on any atom is -0.497 e. The predicted octanol–water partition coefficient (Wildman–Crippen LogP) is 5.29. The molecule has 1 aliphatic rings. The van der Waals surface area contributed by atoms with Gasteiger partial charge in [0.2, 0.25) is 0 Å². The lowest BCUT2D eigenvalue weighted by atomic mass is 9.90. The van der Waals surface area contributed by atoms with Gasteiger partial charge in [0.05, 0.1) is 13.2 Å². The highest BCUT2D eigenvalue weighted by Gasteiger charge is 2.33. The lowest BCUT2D eigenvalue weighted by Crippen LogP contribution is -2.44. The quantitative estimate of drug-likeness (QED) is 0.677. The maximum Gasteiger partial charge on any atom is 0.258 e. The van der Waals surface area contributed by atoms with E-state index in [0.717, 1.165) is 29.1 Å². The molecule has 0 radical (unpaired) electrons. The van der Waals surface area contributed by atoms with Crippen molar-refractivity contribution in [1.29, 1.82) is 0 Å². The van der Waals surface area contributed by atoms with Crippen LogP contribution in [0.5, 0.6) is 5.75 Å². The second kappa shape index (κ2) is 7.77. The number of para-hydroxylation sites is 1. The van der Waals surface area contributed by atoms with E-state index in [4.69, 9.17) is 4.74 Å². The molecule has 0 unspecified atom stereocenters. The SMILES string of the molecule is COc1ccc(N[C@@H]2C[C@@H](C)N(C(=O)c3ccccc3)c3ccccc32)cc1. The van der Waals surface area contributed by atoms with E-state index in [1.165, 1.54) is 0 Å². The second-order valence-electron chi connectivity index (χ2n) is 7.11. The van der Waals surface area contributed by atoms with Crippen molar-refractivity contribution in [2.24, 2.45) is 0 Å². The van der Waals surface area contributed by atoms with Gasteiger partial charge in [-0.05, 0) is 61.4 Å². The summed E-state index contributed by atoms with van der Waals surface area (Å²) in [6.07, 6.45) is 0.835. The van der Waals surface area contributed by atoms with Gasteiger partial charge < -0.3 is 15.0 Å². The van der Waals surface area contributed by atoms with E-state index < -0.39 is 0 Å². The molecule has 1 aliphatic heterocycles. The zero-order valence-electron chi connectivity index (χ0n) is 16.1. The fourth-order valence-corrected chi connectivity index (χ4v) is 3.87. The first-order valence-corrected chi connectivity index (χ1v) is 9.55. The van der Waals surface area contributed by atoms with Crippen molar-refractivity contribution >= 4 is 17.3 Å². The predicted molar refractivity (Wildman–Crippen MR) is 113 cm³/mol. The molecular formula is C24H24N2O2. The van der Waals surface area contributed by atoms with Crippen LogP contribution in [0.2, 0.25) is 0 Å². The monoisotopic (exact) mass is 372 g/mol. The highest BCUT2D eigenvalue weighted by Crippen LogP contribution is 2.39. The molecule has 0 aromatic heterocycles. The van der Waals surface area contributed by atoms with E-state index >= 15 is 0 Å². The van der Waals surface area contributed by atoms with E-state index in [1.54, 1.807) is 7.11 Å². The summed E-state index contributed by atoms with van der Waals surface area (Å²) >= 11 is 0. The zero-order chi connectivity index (χ0) is 19.5. The van der Waals surface area contributed by atoms with E-state index in [1.807, 2.05) is 77.7 Å². The van der Waals surface area contributed by atoms with Gasteiger partial charge in [-0.25, -0.2) is 0 Å². The Balaban J connectivity index is 1.65. The highest BCUT2D eigenvalue weighted by molar-refractivity contribution is 6.07. The summed E-state index contributed by atoms with van der Waals surface area (Å²) in [4.78, 5) is 15.1. The molecule has 2 atom stereocenters. The van der Waals surface area contributed by atoms with Gasteiger partial charge in [0.15, 0.2) is 0 Å². The van der Waals surface area contributed by atoms with Crippen LogP contribution in [0.25, 0.3) is 0 Å². The van der Waals surface area contributed by atoms with Crippen LogP contribution in [0.3, 0.4) is 0 Å². The van der Waals surface area contributed by atoms with Crippen molar-refractivity contribution in [3.63, 3.8) is 0 Å². The minimum absolute atomic E-state index is 0.0449. The number of amides is 1. The van der Waals surface area contributed by atoms with Crippen LogP contribution in [0.15, 0.2) is 78.9 Å². The summed E-state index contributed by atoms with van der Waals surface area (Å²) in [5, 5.41) is 3.62. The molecule has 4 nitrogen and oxygen atoms in total. The molecule has 0 bridgehead atoms. The number of ether oxygens (including phenoxy) is 1. The van der Waals surface area contributed by atoms with Crippen molar-refractivity contribution < 1.29 is 9.53 Å². The van der Waals surface area contributed by atoms with Gasteiger partial charge in [0, 0.05) is 23.0 Å². The van der Waals surface area contributed by atoms with Crippen LogP contribution in [0.4, 0.5) is 11.4 Å².